The van der Waals surface area contributed by atoms with E-state index in [1.807, 2.05) is 47.2 Å². The number of aryl methyl sites for hydroxylation is 1. The Morgan fingerprint density at radius 3 is 2.59 bits per heavy atom. The molecular weight excluding hydrogens is 402 g/mol. The molecule has 0 radical (unpaired) electrons. The van der Waals surface area contributed by atoms with E-state index in [4.69, 9.17) is 4.98 Å². The van der Waals surface area contributed by atoms with Gasteiger partial charge < -0.3 is 5.11 Å². The van der Waals surface area contributed by atoms with Crippen molar-refractivity contribution >= 4 is 33.0 Å². The zero-order valence-corrected chi connectivity index (χ0v) is 17.8. The van der Waals surface area contributed by atoms with Crippen LogP contribution in [0, 0.1) is 0 Å². The van der Waals surface area contributed by atoms with Crippen LogP contribution in [0.1, 0.15) is 31.7 Å². The molecule has 4 heterocycles. The van der Waals surface area contributed by atoms with E-state index in [1.165, 1.54) is 0 Å². The first-order valence-corrected chi connectivity index (χ1v) is 11.0. The summed E-state index contributed by atoms with van der Waals surface area (Å²) in [5.41, 5.74) is 5.67. The average molecular weight is 425 g/mol. The first-order valence-electron chi connectivity index (χ1n) is 11.0. The van der Waals surface area contributed by atoms with Gasteiger partial charge in [-0.05, 0) is 49.9 Å². The van der Waals surface area contributed by atoms with Crippen molar-refractivity contribution in [2.24, 2.45) is 7.05 Å². The average Bonchev–Trinajstić information content (AvgIpc) is 3.09. The molecule has 32 heavy (non-hydrogen) atoms. The lowest BCUT2D eigenvalue weighted by Gasteiger charge is -2.26. The van der Waals surface area contributed by atoms with E-state index in [0.717, 1.165) is 57.1 Å². The Balaban J connectivity index is 1.58. The Morgan fingerprint density at radius 2 is 1.75 bits per heavy atom. The topological polar surface area (TPSA) is 85.8 Å². The summed E-state index contributed by atoms with van der Waals surface area (Å²) in [6.45, 7) is 0. The Kier molecular flexibility index (Phi) is 4.33. The fourth-order valence-corrected chi connectivity index (χ4v) is 4.91. The van der Waals surface area contributed by atoms with Crippen molar-refractivity contribution in [2.75, 3.05) is 0 Å². The van der Waals surface area contributed by atoms with Gasteiger partial charge in [-0.15, -0.1) is 0 Å². The molecule has 6 rings (SSSR count). The minimum atomic E-state index is -0.277. The van der Waals surface area contributed by atoms with Crippen molar-refractivity contribution in [3.05, 3.63) is 65.3 Å². The van der Waals surface area contributed by atoms with Crippen molar-refractivity contribution < 1.29 is 5.11 Å². The number of aliphatic hydroxyl groups is 1. The molecule has 160 valence electrons. The number of rotatable bonds is 2. The molecule has 0 atom stereocenters. The van der Waals surface area contributed by atoms with E-state index in [2.05, 4.69) is 16.0 Å². The molecule has 0 aliphatic heterocycles. The number of hydrogen-bond donors (Lipinski definition) is 1. The highest BCUT2D eigenvalue weighted by atomic mass is 16.3. The molecule has 1 fully saturated rings. The number of fused-ring (bicyclic) bond motifs is 4. The Morgan fingerprint density at radius 1 is 0.969 bits per heavy atom. The summed E-state index contributed by atoms with van der Waals surface area (Å²) in [6.07, 6.45) is 6.28. The van der Waals surface area contributed by atoms with Crippen molar-refractivity contribution in [1.82, 2.24) is 24.1 Å². The minimum Gasteiger partial charge on any atom is -0.393 e. The van der Waals surface area contributed by atoms with Crippen LogP contribution in [-0.4, -0.2) is 35.3 Å². The van der Waals surface area contributed by atoms with Gasteiger partial charge in [0.15, 0.2) is 0 Å². The van der Waals surface area contributed by atoms with Gasteiger partial charge in [-0.2, -0.15) is 0 Å². The summed E-state index contributed by atoms with van der Waals surface area (Å²) in [7, 11) is 1.78. The van der Waals surface area contributed by atoms with Crippen LogP contribution >= 0.6 is 0 Å². The van der Waals surface area contributed by atoms with Crippen LogP contribution in [0.3, 0.4) is 0 Å². The zero-order valence-electron chi connectivity index (χ0n) is 17.8. The number of aliphatic hydroxyl groups excluding tert-OH is 1. The smallest absolute Gasteiger partial charge is 0.329 e. The van der Waals surface area contributed by atoms with Gasteiger partial charge in [-0.1, -0.05) is 18.2 Å². The maximum absolute atomic E-state index is 13.2. The van der Waals surface area contributed by atoms with E-state index < -0.39 is 0 Å². The van der Waals surface area contributed by atoms with E-state index in [-0.39, 0.29) is 17.8 Å². The highest BCUT2D eigenvalue weighted by Crippen LogP contribution is 2.33. The van der Waals surface area contributed by atoms with Gasteiger partial charge in [0.05, 0.1) is 40.1 Å². The van der Waals surface area contributed by atoms with Gasteiger partial charge in [0.25, 0.3) is 0 Å². The second-order valence-corrected chi connectivity index (χ2v) is 8.65. The van der Waals surface area contributed by atoms with Crippen molar-refractivity contribution in [2.45, 2.75) is 37.8 Å². The molecule has 1 aliphatic rings. The third kappa shape index (κ3) is 2.92. The normalized spacial score (nSPS) is 19.2. The number of benzene rings is 1. The monoisotopic (exact) mass is 425 g/mol. The minimum absolute atomic E-state index is 0.0491. The Hall–Kier alpha value is -3.58. The second kappa shape index (κ2) is 7.24. The molecule has 1 aromatic carbocycles. The molecule has 5 aromatic rings. The molecule has 0 saturated heterocycles. The fourth-order valence-electron chi connectivity index (χ4n) is 4.91. The van der Waals surface area contributed by atoms with E-state index in [9.17, 15) is 9.90 Å². The van der Waals surface area contributed by atoms with Crippen LogP contribution in [0.4, 0.5) is 0 Å². The van der Waals surface area contributed by atoms with Gasteiger partial charge >= 0.3 is 5.69 Å². The third-order valence-corrected chi connectivity index (χ3v) is 6.68. The van der Waals surface area contributed by atoms with Crippen LogP contribution in [0.25, 0.3) is 44.2 Å². The quantitative estimate of drug-likeness (QED) is 0.462. The van der Waals surface area contributed by atoms with Crippen LogP contribution < -0.4 is 5.69 Å². The molecule has 0 amide bonds. The number of pyridine rings is 3. The number of nitrogens with zero attached hydrogens (tertiary/aromatic N) is 5. The van der Waals surface area contributed by atoms with E-state index in [0.29, 0.717) is 12.8 Å². The lowest BCUT2D eigenvalue weighted by molar-refractivity contribution is 0.111. The maximum atomic E-state index is 13.2. The summed E-state index contributed by atoms with van der Waals surface area (Å²) in [5.74, 6) is 0. The molecule has 1 N–H and O–H groups in total. The lowest BCUT2D eigenvalue weighted by Crippen LogP contribution is -2.29. The summed E-state index contributed by atoms with van der Waals surface area (Å²) in [4.78, 5) is 27.3. The highest BCUT2D eigenvalue weighted by Gasteiger charge is 2.26. The van der Waals surface area contributed by atoms with Crippen LogP contribution in [0.5, 0.6) is 0 Å². The molecular formula is C25H23N5O2. The van der Waals surface area contributed by atoms with Crippen molar-refractivity contribution in [3.63, 3.8) is 0 Å². The molecule has 7 nitrogen and oxygen atoms in total. The SMILES string of the molecule is Cn1c(=O)n([C@H]2CC[C@H](O)CC2)c2c3nc(-c4cnc5ccccc5c4)ccc3ncc21. The summed E-state index contributed by atoms with van der Waals surface area (Å²) >= 11 is 0. The number of para-hydroxylation sites is 1. The standard InChI is InChI=1S/C25H23N5O2/c1-29-22-14-27-21-11-10-20(16-12-15-4-2-3-5-19(15)26-13-16)28-23(21)24(22)30(25(29)32)17-6-8-18(31)9-7-17/h2-5,10-14,17-18,31H,6-9H2,1H3/t17-,18-. The molecule has 1 saturated carbocycles. The van der Waals surface area contributed by atoms with Gasteiger partial charge in [-0.3, -0.25) is 19.1 Å². The molecule has 0 bridgehead atoms. The molecule has 0 spiro atoms. The summed E-state index contributed by atoms with van der Waals surface area (Å²) < 4.78 is 3.53. The number of hydrogen-bond acceptors (Lipinski definition) is 5. The Bertz CT molecular complexity index is 1540. The summed E-state index contributed by atoms with van der Waals surface area (Å²) in [5, 5.41) is 11.0. The highest BCUT2D eigenvalue weighted by molar-refractivity contribution is 6.00. The molecule has 4 aromatic heterocycles. The number of aromatic nitrogens is 5. The van der Waals surface area contributed by atoms with Gasteiger partial charge in [0.1, 0.15) is 5.52 Å². The molecule has 0 unspecified atom stereocenters. The predicted octanol–water partition coefficient (Wildman–Crippen LogP) is 3.97. The van der Waals surface area contributed by atoms with E-state index >= 15 is 0 Å². The largest absolute Gasteiger partial charge is 0.393 e. The van der Waals surface area contributed by atoms with Crippen LogP contribution in [0.2, 0.25) is 0 Å². The van der Waals surface area contributed by atoms with Gasteiger partial charge in [0.2, 0.25) is 0 Å². The predicted molar refractivity (Wildman–Crippen MR) is 125 cm³/mol. The van der Waals surface area contributed by atoms with Crippen LogP contribution in [-0.2, 0) is 7.05 Å². The maximum Gasteiger partial charge on any atom is 0.329 e. The van der Waals surface area contributed by atoms with Crippen molar-refractivity contribution in [3.8, 4) is 11.3 Å². The van der Waals surface area contributed by atoms with Gasteiger partial charge in [-0.25, -0.2) is 9.78 Å². The zero-order chi connectivity index (χ0) is 21.8. The summed E-state index contributed by atoms with van der Waals surface area (Å²) in [6, 6.07) is 14.1. The molecule has 7 heteroatoms. The number of imidazole rings is 1. The first-order chi connectivity index (χ1) is 15.6. The van der Waals surface area contributed by atoms with Crippen molar-refractivity contribution in [1.29, 1.82) is 0 Å². The Labute approximate surface area is 184 Å². The fraction of sp³-hybridized carbons (Fsp3) is 0.280. The second-order valence-electron chi connectivity index (χ2n) is 8.65. The lowest BCUT2D eigenvalue weighted by atomic mass is 9.93. The third-order valence-electron chi connectivity index (χ3n) is 6.68. The van der Waals surface area contributed by atoms with Crippen LogP contribution in [0.15, 0.2) is 59.7 Å². The van der Waals surface area contributed by atoms with E-state index in [1.54, 1.807) is 17.8 Å². The molecule has 1 aliphatic carbocycles. The van der Waals surface area contributed by atoms with Gasteiger partial charge in [0, 0.05) is 30.2 Å². The first kappa shape index (κ1) is 19.1.